The Morgan fingerprint density at radius 2 is 1.88 bits per heavy atom. The van der Waals surface area contributed by atoms with Crippen molar-refractivity contribution < 1.29 is 9.53 Å². The Kier molecular flexibility index (Phi) is 6.73. The molecule has 1 saturated heterocycles. The molecular formula is C25H25ClN4O2S. The Hall–Kier alpha value is -2.71. The standard InChI is InChI=1S/C25H25ClN4O2S/c26-21-9-5-4-8-20(21)23(29-10-12-32-13-11-29)15-27-24(31)14-19-17-33-25-28-22(16-30(19)25)18-6-2-1-3-7-18/h1-9,16-17,23H,10-15H2,(H,27,31). The molecule has 170 valence electrons. The van der Waals surface area contributed by atoms with E-state index < -0.39 is 0 Å². The third kappa shape index (κ3) is 4.96. The second-order valence-electron chi connectivity index (χ2n) is 8.04. The summed E-state index contributed by atoms with van der Waals surface area (Å²) in [5.74, 6) is -0.0185. The predicted molar refractivity (Wildman–Crippen MR) is 132 cm³/mol. The lowest BCUT2D eigenvalue weighted by molar-refractivity contribution is -0.120. The van der Waals surface area contributed by atoms with Gasteiger partial charge in [0.1, 0.15) is 0 Å². The Morgan fingerprint density at radius 3 is 2.67 bits per heavy atom. The number of hydrogen-bond acceptors (Lipinski definition) is 5. The van der Waals surface area contributed by atoms with Crippen molar-refractivity contribution in [1.29, 1.82) is 0 Å². The predicted octanol–water partition coefficient (Wildman–Crippen LogP) is 4.45. The van der Waals surface area contributed by atoms with Gasteiger partial charge in [-0.2, -0.15) is 0 Å². The van der Waals surface area contributed by atoms with Gasteiger partial charge in [0.05, 0.1) is 31.4 Å². The number of nitrogens with one attached hydrogen (secondary N) is 1. The number of morpholine rings is 1. The second kappa shape index (κ2) is 10.1. The molecule has 1 unspecified atom stereocenters. The highest BCUT2D eigenvalue weighted by Crippen LogP contribution is 2.28. The molecule has 4 aromatic rings. The van der Waals surface area contributed by atoms with Crippen LogP contribution < -0.4 is 5.32 Å². The summed E-state index contributed by atoms with van der Waals surface area (Å²) in [7, 11) is 0. The van der Waals surface area contributed by atoms with Gasteiger partial charge in [-0.15, -0.1) is 11.3 Å². The van der Waals surface area contributed by atoms with E-state index in [0.717, 1.165) is 45.6 Å². The van der Waals surface area contributed by atoms with Gasteiger partial charge < -0.3 is 10.1 Å². The van der Waals surface area contributed by atoms with Crippen LogP contribution in [0.2, 0.25) is 5.02 Å². The number of imidazole rings is 1. The van der Waals surface area contributed by atoms with E-state index in [1.54, 1.807) is 11.3 Å². The molecular weight excluding hydrogens is 456 g/mol. The summed E-state index contributed by atoms with van der Waals surface area (Å²) >= 11 is 8.06. The van der Waals surface area contributed by atoms with Crippen LogP contribution >= 0.6 is 22.9 Å². The fourth-order valence-electron chi connectivity index (χ4n) is 4.21. The monoisotopic (exact) mass is 480 g/mol. The molecule has 3 heterocycles. The van der Waals surface area contributed by atoms with Crippen molar-refractivity contribution >= 4 is 33.8 Å². The summed E-state index contributed by atoms with van der Waals surface area (Å²) in [5, 5.41) is 5.86. The molecule has 0 saturated carbocycles. The maximum atomic E-state index is 12.9. The molecule has 1 amide bonds. The Balaban J connectivity index is 1.29. The highest BCUT2D eigenvalue weighted by molar-refractivity contribution is 7.15. The fourth-order valence-corrected chi connectivity index (χ4v) is 5.35. The van der Waals surface area contributed by atoms with Crippen LogP contribution in [0.5, 0.6) is 0 Å². The molecule has 1 aliphatic rings. The molecule has 2 aromatic heterocycles. The average molecular weight is 481 g/mol. The number of amides is 1. The molecule has 33 heavy (non-hydrogen) atoms. The van der Waals surface area contributed by atoms with Crippen molar-refractivity contribution in [2.75, 3.05) is 32.8 Å². The van der Waals surface area contributed by atoms with Crippen molar-refractivity contribution in [3.8, 4) is 11.3 Å². The van der Waals surface area contributed by atoms with Crippen molar-refractivity contribution in [3.05, 3.63) is 82.5 Å². The van der Waals surface area contributed by atoms with Crippen LogP contribution in [0, 0.1) is 0 Å². The SMILES string of the molecule is O=C(Cc1csc2nc(-c3ccccc3)cn12)NCC(c1ccccc1Cl)N1CCOCC1. The van der Waals surface area contributed by atoms with Crippen molar-refractivity contribution in [2.45, 2.75) is 12.5 Å². The number of carbonyl (C=O) groups excluding carboxylic acids is 1. The first-order valence-electron chi connectivity index (χ1n) is 11.0. The van der Waals surface area contributed by atoms with Gasteiger partial charge in [-0.05, 0) is 11.6 Å². The number of thiazole rings is 1. The Labute approximate surface area is 201 Å². The highest BCUT2D eigenvalue weighted by atomic mass is 35.5. The molecule has 5 rings (SSSR count). The molecule has 1 N–H and O–H groups in total. The summed E-state index contributed by atoms with van der Waals surface area (Å²) in [5.41, 5.74) is 3.94. The smallest absolute Gasteiger partial charge is 0.226 e. The number of ether oxygens (including phenoxy) is 1. The van der Waals surface area contributed by atoms with Gasteiger partial charge in [0.2, 0.25) is 5.91 Å². The van der Waals surface area contributed by atoms with E-state index in [1.165, 1.54) is 0 Å². The topological polar surface area (TPSA) is 58.9 Å². The summed E-state index contributed by atoms with van der Waals surface area (Å²) in [4.78, 5) is 20.8. The zero-order valence-corrected chi connectivity index (χ0v) is 19.7. The molecule has 1 aliphatic heterocycles. The maximum Gasteiger partial charge on any atom is 0.226 e. The quantitative estimate of drug-likeness (QED) is 0.424. The molecule has 0 aliphatic carbocycles. The van der Waals surface area contributed by atoms with E-state index in [9.17, 15) is 4.79 Å². The zero-order chi connectivity index (χ0) is 22.6. The van der Waals surface area contributed by atoms with Gasteiger partial charge in [-0.1, -0.05) is 60.1 Å². The van der Waals surface area contributed by atoms with Crippen LogP contribution in [0.15, 0.2) is 66.2 Å². The molecule has 0 bridgehead atoms. The highest BCUT2D eigenvalue weighted by Gasteiger charge is 2.25. The zero-order valence-electron chi connectivity index (χ0n) is 18.1. The second-order valence-corrected chi connectivity index (χ2v) is 9.28. The van der Waals surface area contributed by atoms with Crippen LogP contribution in [0.25, 0.3) is 16.2 Å². The molecule has 8 heteroatoms. The van der Waals surface area contributed by atoms with Gasteiger partial charge in [0.25, 0.3) is 0 Å². The lowest BCUT2D eigenvalue weighted by Crippen LogP contribution is -2.44. The third-order valence-electron chi connectivity index (χ3n) is 5.94. The summed E-state index contributed by atoms with van der Waals surface area (Å²) in [6, 6.07) is 17.9. The van der Waals surface area contributed by atoms with Crippen LogP contribution in [-0.2, 0) is 16.0 Å². The van der Waals surface area contributed by atoms with Gasteiger partial charge in [-0.3, -0.25) is 14.1 Å². The fraction of sp³-hybridized carbons (Fsp3) is 0.280. The van der Waals surface area contributed by atoms with E-state index in [0.29, 0.717) is 26.2 Å². The van der Waals surface area contributed by atoms with Crippen LogP contribution in [-0.4, -0.2) is 53.0 Å². The molecule has 6 nitrogen and oxygen atoms in total. The summed E-state index contributed by atoms with van der Waals surface area (Å²) in [6.45, 7) is 3.50. The average Bonchev–Trinajstić information content (AvgIpc) is 3.44. The number of carbonyl (C=O) groups is 1. The molecule has 0 radical (unpaired) electrons. The van der Waals surface area contributed by atoms with E-state index in [2.05, 4.69) is 10.2 Å². The normalized spacial score (nSPS) is 15.5. The van der Waals surface area contributed by atoms with E-state index >= 15 is 0 Å². The summed E-state index contributed by atoms with van der Waals surface area (Å²) in [6.07, 6.45) is 2.30. The van der Waals surface area contributed by atoms with Crippen LogP contribution in [0.3, 0.4) is 0 Å². The summed E-state index contributed by atoms with van der Waals surface area (Å²) < 4.78 is 7.53. The number of nitrogens with zero attached hydrogens (tertiary/aromatic N) is 3. The van der Waals surface area contributed by atoms with Crippen molar-refractivity contribution in [2.24, 2.45) is 0 Å². The lowest BCUT2D eigenvalue weighted by atomic mass is 10.0. The van der Waals surface area contributed by atoms with E-state index in [4.69, 9.17) is 21.3 Å². The number of aromatic nitrogens is 2. The van der Waals surface area contributed by atoms with Gasteiger partial charge in [0.15, 0.2) is 4.96 Å². The maximum absolute atomic E-state index is 12.9. The Bertz CT molecular complexity index is 1230. The molecule has 2 aromatic carbocycles. The molecule has 0 spiro atoms. The first kappa shape index (κ1) is 22.1. The van der Waals surface area contributed by atoms with Crippen LogP contribution in [0.1, 0.15) is 17.3 Å². The number of benzene rings is 2. The minimum atomic E-state index is -0.0185. The number of halogens is 1. The minimum Gasteiger partial charge on any atom is -0.379 e. The van der Waals surface area contributed by atoms with Gasteiger partial charge in [0, 0.05) is 47.5 Å². The molecule has 1 atom stereocenters. The van der Waals surface area contributed by atoms with E-state index in [-0.39, 0.29) is 11.9 Å². The Morgan fingerprint density at radius 1 is 1.12 bits per heavy atom. The van der Waals surface area contributed by atoms with E-state index in [1.807, 2.05) is 70.6 Å². The molecule has 1 fully saturated rings. The van der Waals surface area contributed by atoms with Gasteiger partial charge >= 0.3 is 0 Å². The van der Waals surface area contributed by atoms with Crippen molar-refractivity contribution in [3.63, 3.8) is 0 Å². The third-order valence-corrected chi connectivity index (χ3v) is 7.17. The first-order chi connectivity index (χ1) is 16.2. The van der Waals surface area contributed by atoms with Crippen molar-refractivity contribution in [1.82, 2.24) is 19.6 Å². The van der Waals surface area contributed by atoms with Gasteiger partial charge in [-0.25, -0.2) is 4.98 Å². The first-order valence-corrected chi connectivity index (χ1v) is 12.3. The van der Waals surface area contributed by atoms with Crippen LogP contribution in [0.4, 0.5) is 0 Å². The minimum absolute atomic E-state index is 0.00646. The largest absolute Gasteiger partial charge is 0.379 e. The number of rotatable bonds is 7. The lowest BCUT2D eigenvalue weighted by Gasteiger charge is -2.35. The number of fused-ring (bicyclic) bond motifs is 1. The number of hydrogen-bond donors (Lipinski definition) is 1.